The van der Waals surface area contributed by atoms with E-state index in [0.717, 1.165) is 10.8 Å². The number of nitrogens with one attached hydrogen (secondary N) is 4. The molecule has 4 rings (SSSR count). The lowest BCUT2D eigenvalue weighted by atomic mass is 9.86. The minimum Gasteiger partial charge on any atom is -0.314 e. The molecule has 0 aliphatic carbocycles. The number of benzene rings is 2. The molecule has 134 valence electrons. The maximum Gasteiger partial charge on any atom is 0.325 e. The summed E-state index contributed by atoms with van der Waals surface area (Å²) >= 11 is 0. The average molecular weight is 362 g/mol. The van der Waals surface area contributed by atoms with Crippen LogP contribution in [0.3, 0.4) is 0 Å². The first-order valence-corrected chi connectivity index (χ1v) is 8.15. The first-order chi connectivity index (χ1) is 13.0. The van der Waals surface area contributed by atoms with Crippen LogP contribution < -0.4 is 22.5 Å². The van der Waals surface area contributed by atoms with E-state index in [0.29, 0.717) is 5.56 Å². The van der Waals surface area contributed by atoms with Gasteiger partial charge in [-0.2, -0.15) is 0 Å². The van der Waals surface area contributed by atoms with Gasteiger partial charge in [0.25, 0.3) is 11.1 Å². The molecule has 0 saturated heterocycles. The molecule has 4 N–H and O–H groups in total. The third-order valence-corrected chi connectivity index (χ3v) is 4.42. The minimum absolute atomic E-state index is 0.183. The quantitative estimate of drug-likeness (QED) is 0.429. The van der Waals surface area contributed by atoms with Crippen molar-refractivity contribution in [3.05, 3.63) is 113 Å². The van der Waals surface area contributed by atoms with Crippen LogP contribution in [0, 0.1) is 0 Å². The van der Waals surface area contributed by atoms with E-state index in [9.17, 15) is 19.2 Å². The van der Waals surface area contributed by atoms with Gasteiger partial charge < -0.3 is 9.97 Å². The summed E-state index contributed by atoms with van der Waals surface area (Å²) in [7, 11) is 0. The van der Waals surface area contributed by atoms with Crippen LogP contribution in [-0.2, 0) is 0 Å². The number of hydrogen-bond donors (Lipinski definition) is 4. The van der Waals surface area contributed by atoms with E-state index in [2.05, 4.69) is 19.9 Å². The SMILES string of the molecule is O=c1[nH]cc(C(c2ccc3ccccc3c2)c2c[nH]c(=O)[nH]c2=O)c(=O)[nH]1. The summed E-state index contributed by atoms with van der Waals surface area (Å²) in [6.07, 6.45) is 2.57. The summed E-state index contributed by atoms with van der Waals surface area (Å²) in [5.74, 6) is -0.782. The van der Waals surface area contributed by atoms with E-state index in [1.54, 1.807) is 0 Å². The van der Waals surface area contributed by atoms with E-state index in [1.807, 2.05) is 42.5 Å². The lowest BCUT2D eigenvalue weighted by Gasteiger charge is -2.17. The monoisotopic (exact) mass is 362 g/mol. The zero-order valence-electron chi connectivity index (χ0n) is 13.9. The lowest BCUT2D eigenvalue weighted by molar-refractivity contribution is 0.859. The fourth-order valence-electron chi connectivity index (χ4n) is 3.18. The van der Waals surface area contributed by atoms with Crippen LogP contribution in [0.4, 0.5) is 0 Å². The van der Waals surface area contributed by atoms with Gasteiger partial charge in [0, 0.05) is 29.4 Å². The predicted molar refractivity (Wildman–Crippen MR) is 100 cm³/mol. The second-order valence-corrected chi connectivity index (χ2v) is 6.09. The number of H-pyrrole nitrogens is 4. The fraction of sp³-hybridized carbons (Fsp3) is 0.0526. The lowest BCUT2D eigenvalue weighted by Crippen LogP contribution is -2.31. The summed E-state index contributed by atoms with van der Waals surface area (Å²) < 4.78 is 0. The number of hydrogen-bond acceptors (Lipinski definition) is 4. The molecule has 2 heterocycles. The molecule has 0 aliphatic rings. The Balaban J connectivity index is 2.02. The summed E-state index contributed by atoms with van der Waals surface area (Å²) in [4.78, 5) is 56.8. The molecule has 2 aromatic carbocycles. The van der Waals surface area contributed by atoms with Crippen molar-refractivity contribution in [3.63, 3.8) is 0 Å². The molecule has 4 aromatic rings. The Morgan fingerprint density at radius 3 is 1.78 bits per heavy atom. The third-order valence-electron chi connectivity index (χ3n) is 4.42. The van der Waals surface area contributed by atoms with Gasteiger partial charge in [0.2, 0.25) is 0 Å². The molecule has 0 spiro atoms. The van der Waals surface area contributed by atoms with Crippen LogP contribution >= 0.6 is 0 Å². The highest BCUT2D eigenvalue weighted by Crippen LogP contribution is 2.29. The number of fused-ring (bicyclic) bond motifs is 1. The molecular weight excluding hydrogens is 348 g/mol. The number of aromatic nitrogens is 4. The summed E-state index contributed by atoms with van der Waals surface area (Å²) in [5.41, 5.74) is -1.47. The van der Waals surface area contributed by atoms with Gasteiger partial charge in [-0.3, -0.25) is 19.6 Å². The topological polar surface area (TPSA) is 131 Å². The zero-order chi connectivity index (χ0) is 19.0. The normalized spacial score (nSPS) is 11.1. The Bertz CT molecular complexity index is 1310. The van der Waals surface area contributed by atoms with Crippen molar-refractivity contribution in [2.24, 2.45) is 0 Å². The minimum atomic E-state index is -0.782. The highest BCUT2D eigenvalue weighted by Gasteiger charge is 2.23. The van der Waals surface area contributed by atoms with Crippen LogP contribution in [0.15, 0.2) is 74.0 Å². The van der Waals surface area contributed by atoms with E-state index >= 15 is 0 Å². The van der Waals surface area contributed by atoms with Gasteiger partial charge in [-0.1, -0.05) is 42.5 Å². The van der Waals surface area contributed by atoms with Crippen LogP contribution in [-0.4, -0.2) is 19.9 Å². The molecular formula is C19H14N4O4. The molecule has 8 nitrogen and oxygen atoms in total. The zero-order valence-corrected chi connectivity index (χ0v) is 13.9. The van der Waals surface area contributed by atoms with Gasteiger partial charge in [-0.05, 0) is 16.3 Å². The van der Waals surface area contributed by atoms with Crippen molar-refractivity contribution < 1.29 is 0 Å². The maximum absolute atomic E-state index is 12.4. The molecule has 0 radical (unpaired) electrons. The molecule has 0 aliphatic heterocycles. The van der Waals surface area contributed by atoms with E-state index in [-0.39, 0.29) is 11.1 Å². The van der Waals surface area contributed by atoms with Crippen LogP contribution in [0.5, 0.6) is 0 Å². The largest absolute Gasteiger partial charge is 0.325 e. The smallest absolute Gasteiger partial charge is 0.314 e. The van der Waals surface area contributed by atoms with Gasteiger partial charge in [0.1, 0.15) is 0 Å². The molecule has 0 unspecified atom stereocenters. The van der Waals surface area contributed by atoms with Crippen molar-refractivity contribution in [1.29, 1.82) is 0 Å². The summed E-state index contributed by atoms with van der Waals surface area (Å²) in [6, 6.07) is 13.2. The van der Waals surface area contributed by atoms with Crippen molar-refractivity contribution >= 4 is 10.8 Å². The van der Waals surface area contributed by atoms with Gasteiger partial charge in [-0.25, -0.2) is 9.59 Å². The Labute approximate surface area is 150 Å². The molecule has 0 atom stereocenters. The van der Waals surface area contributed by atoms with Crippen molar-refractivity contribution in [1.82, 2.24) is 19.9 Å². The van der Waals surface area contributed by atoms with Gasteiger partial charge in [0.05, 0.1) is 0 Å². The Morgan fingerprint density at radius 2 is 1.22 bits per heavy atom. The van der Waals surface area contributed by atoms with Gasteiger partial charge in [0.15, 0.2) is 0 Å². The first kappa shape index (κ1) is 16.5. The average Bonchev–Trinajstić information content (AvgIpc) is 2.65. The van der Waals surface area contributed by atoms with Gasteiger partial charge >= 0.3 is 11.4 Å². The highest BCUT2D eigenvalue weighted by atomic mass is 16.2. The van der Waals surface area contributed by atoms with E-state index in [4.69, 9.17) is 0 Å². The van der Waals surface area contributed by atoms with Crippen molar-refractivity contribution in [2.75, 3.05) is 0 Å². The summed E-state index contributed by atoms with van der Waals surface area (Å²) in [6.45, 7) is 0. The fourth-order valence-corrected chi connectivity index (χ4v) is 3.18. The Morgan fingerprint density at radius 1 is 0.667 bits per heavy atom. The highest BCUT2D eigenvalue weighted by molar-refractivity contribution is 5.83. The number of rotatable bonds is 3. The number of aromatic amines is 4. The second-order valence-electron chi connectivity index (χ2n) is 6.09. The van der Waals surface area contributed by atoms with E-state index in [1.165, 1.54) is 12.4 Å². The maximum atomic E-state index is 12.4. The molecule has 0 amide bonds. The first-order valence-electron chi connectivity index (χ1n) is 8.15. The van der Waals surface area contributed by atoms with Crippen molar-refractivity contribution in [3.8, 4) is 0 Å². The second kappa shape index (κ2) is 6.41. The van der Waals surface area contributed by atoms with Crippen LogP contribution in [0.25, 0.3) is 10.8 Å². The molecule has 0 bridgehead atoms. The van der Waals surface area contributed by atoms with Crippen LogP contribution in [0.1, 0.15) is 22.6 Å². The third kappa shape index (κ3) is 3.04. The van der Waals surface area contributed by atoms with Crippen LogP contribution in [0.2, 0.25) is 0 Å². The Hall–Kier alpha value is -3.94. The molecule has 0 fully saturated rings. The standard InChI is InChI=1S/C19H14N4O4/c24-16-13(8-20-18(26)22-16)15(14-9-21-19(27)23-17(14)25)12-6-5-10-3-1-2-4-11(10)7-12/h1-9,15H,(H2,20,22,24,26)(H2,21,23,25,27). The van der Waals surface area contributed by atoms with Gasteiger partial charge in [-0.15, -0.1) is 0 Å². The predicted octanol–water partition coefficient (Wildman–Crippen LogP) is 0.773. The molecule has 0 saturated carbocycles. The molecule has 8 heteroatoms. The van der Waals surface area contributed by atoms with E-state index < -0.39 is 28.4 Å². The molecule has 27 heavy (non-hydrogen) atoms. The summed E-state index contributed by atoms with van der Waals surface area (Å²) in [5, 5.41) is 1.94. The Kier molecular flexibility index (Phi) is 3.92. The van der Waals surface area contributed by atoms with Crippen molar-refractivity contribution in [2.45, 2.75) is 5.92 Å². The molecule has 2 aromatic heterocycles.